The number of nitrogens with zero attached hydrogens (tertiary/aromatic N) is 3. The van der Waals surface area contributed by atoms with E-state index in [2.05, 4.69) is 10.3 Å². The van der Waals surface area contributed by atoms with Crippen molar-refractivity contribution in [3.8, 4) is 11.3 Å². The highest BCUT2D eigenvalue weighted by molar-refractivity contribution is 6.31. The predicted molar refractivity (Wildman–Crippen MR) is 111 cm³/mol. The maximum Gasteiger partial charge on any atom is 0.244 e. The molecule has 2 heterocycles. The maximum atomic E-state index is 12.8. The van der Waals surface area contributed by atoms with E-state index in [4.69, 9.17) is 16.7 Å². The number of amides is 1. The first-order valence-corrected chi connectivity index (χ1v) is 9.41. The lowest BCUT2D eigenvalue weighted by atomic mass is 10.1. The lowest BCUT2D eigenvalue weighted by molar-refractivity contribution is -0.124. The fourth-order valence-corrected chi connectivity index (χ4v) is 3.34. The summed E-state index contributed by atoms with van der Waals surface area (Å²) >= 11 is 6.22. The minimum absolute atomic E-state index is 0.109. The van der Waals surface area contributed by atoms with Crippen molar-refractivity contribution >= 4 is 28.4 Å². The van der Waals surface area contributed by atoms with E-state index in [9.17, 15) is 4.79 Å². The van der Waals surface area contributed by atoms with Gasteiger partial charge in [0.15, 0.2) is 0 Å². The molecule has 0 unspecified atom stereocenters. The second-order valence-electron chi connectivity index (χ2n) is 6.58. The number of halogens is 1. The van der Waals surface area contributed by atoms with E-state index < -0.39 is 6.04 Å². The molecular formula is C22H19ClN4O. The topological polar surface area (TPSA) is 59.8 Å². The van der Waals surface area contributed by atoms with Gasteiger partial charge in [-0.15, -0.1) is 0 Å². The highest BCUT2D eigenvalue weighted by Crippen LogP contribution is 2.31. The Kier molecular flexibility index (Phi) is 5.08. The molecule has 0 bridgehead atoms. The molecule has 0 aliphatic carbocycles. The van der Waals surface area contributed by atoms with Crippen molar-refractivity contribution in [3.05, 3.63) is 83.6 Å². The quantitative estimate of drug-likeness (QED) is 0.540. The van der Waals surface area contributed by atoms with E-state index >= 15 is 0 Å². The van der Waals surface area contributed by atoms with Crippen molar-refractivity contribution in [2.75, 3.05) is 0 Å². The largest absolute Gasteiger partial charge is 0.350 e. The number of rotatable bonds is 5. The molecule has 28 heavy (non-hydrogen) atoms. The second-order valence-corrected chi connectivity index (χ2v) is 7.01. The Labute approximate surface area is 168 Å². The zero-order valence-corrected chi connectivity index (χ0v) is 16.1. The molecule has 0 saturated heterocycles. The molecule has 4 aromatic rings. The van der Waals surface area contributed by atoms with Gasteiger partial charge in [-0.2, -0.15) is 5.10 Å². The maximum absolute atomic E-state index is 12.8. The number of nitrogens with one attached hydrogen (secondary N) is 1. The monoisotopic (exact) mass is 390 g/mol. The fraction of sp³-hybridized carbons (Fsp3) is 0.136. The second kappa shape index (κ2) is 7.82. The van der Waals surface area contributed by atoms with Crippen molar-refractivity contribution < 1.29 is 4.79 Å². The molecule has 0 fully saturated rings. The van der Waals surface area contributed by atoms with E-state index in [-0.39, 0.29) is 5.91 Å². The Bertz CT molecular complexity index is 1110. The Morgan fingerprint density at radius 1 is 1.14 bits per heavy atom. The lowest BCUT2D eigenvalue weighted by Crippen LogP contribution is -2.31. The van der Waals surface area contributed by atoms with Gasteiger partial charge in [-0.1, -0.05) is 48.0 Å². The van der Waals surface area contributed by atoms with Gasteiger partial charge in [0.1, 0.15) is 11.7 Å². The van der Waals surface area contributed by atoms with Crippen LogP contribution in [0.15, 0.2) is 73.1 Å². The Balaban J connectivity index is 1.67. The molecule has 0 radical (unpaired) electrons. The molecule has 0 aliphatic heterocycles. The van der Waals surface area contributed by atoms with Crippen LogP contribution in [0.1, 0.15) is 18.5 Å². The number of pyridine rings is 1. The number of carbonyl (C=O) groups is 1. The van der Waals surface area contributed by atoms with Crippen LogP contribution < -0.4 is 5.32 Å². The number of carbonyl (C=O) groups excluding carboxylic acids is 1. The molecule has 2 aromatic carbocycles. The van der Waals surface area contributed by atoms with Crippen LogP contribution in [0, 0.1) is 0 Å². The minimum atomic E-state index is -0.474. The van der Waals surface area contributed by atoms with Crippen LogP contribution >= 0.6 is 11.6 Å². The summed E-state index contributed by atoms with van der Waals surface area (Å²) in [6.07, 6.45) is 3.45. The number of hydrogen-bond acceptors (Lipinski definition) is 3. The molecule has 0 spiro atoms. The normalized spacial score (nSPS) is 12.1. The number of benzene rings is 2. The van der Waals surface area contributed by atoms with Crippen LogP contribution in [0.5, 0.6) is 0 Å². The molecular weight excluding hydrogens is 372 g/mol. The van der Waals surface area contributed by atoms with Crippen LogP contribution in [0.4, 0.5) is 0 Å². The van der Waals surface area contributed by atoms with Crippen molar-refractivity contribution in [2.45, 2.75) is 19.5 Å². The summed E-state index contributed by atoms with van der Waals surface area (Å²) in [5, 5.41) is 9.28. The van der Waals surface area contributed by atoms with Crippen molar-refractivity contribution in [2.24, 2.45) is 0 Å². The molecule has 1 N–H and O–H groups in total. The summed E-state index contributed by atoms with van der Waals surface area (Å²) in [5.41, 5.74) is 3.61. The Hall–Kier alpha value is -3.18. The summed E-state index contributed by atoms with van der Waals surface area (Å²) in [6, 6.07) is 18.8. The summed E-state index contributed by atoms with van der Waals surface area (Å²) in [4.78, 5) is 16.8. The molecule has 1 atom stereocenters. The van der Waals surface area contributed by atoms with Crippen LogP contribution in [-0.4, -0.2) is 20.7 Å². The van der Waals surface area contributed by atoms with E-state index in [0.29, 0.717) is 11.6 Å². The van der Waals surface area contributed by atoms with Crippen molar-refractivity contribution in [3.63, 3.8) is 0 Å². The summed E-state index contributed by atoms with van der Waals surface area (Å²) in [5.74, 6) is -0.109. The molecule has 2 aromatic heterocycles. The third kappa shape index (κ3) is 3.62. The first-order chi connectivity index (χ1) is 13.6. The van der Waals surface area contributed by atoms with E-state index in [1.807, 2.05) is 67.6 Å². The number of hydrogen-bond donors (Lipinski definition) is 1. The summed E-state index contributed by atoms with van der Waals surface area (Å²) in [6.45, 7) is 2.27. The van der Waals surface area contributed by atoms with Crippen molar-refractivity contribution in [1.29, 1.82) is 0 Å². The van der Waals surface area contributed by atoms with Gasteiger partial charge in [0.2, 0.25) is 5.91 Å². The SMILES string of the molecule is C[C@H](C(=O)NCc1cccnc1)n1nc(-c2ccccc2)c2cc(Cl)ccc21. The standard InChI is InChI=1S/C22H19ClN4O/c1-15(22(28)25-14-16-6-5-11-24-13-16)27-20-10-9-18(23)12-19(20)21(26-27)17-7-3-2-4-8-17/h2-13,15H,14H2,1H3,(H,25,28)/t15-/m1/s1. The lowest BCUT2D eigenvalue weighted by Gasteiger charge is -2.14. The van der Waals surface area contributed by atoms with Gasteiger partial charge >= 0.3 is 0 Å². The summed E-state index contributed by atoms with van der Waals surface area (Å²) < 4.78 is 1.76. The van der Waals surface area contributed by atoms with Crippen LogP contribution in [0.2, 0.25) is 5.02 Å². The predicted octanol–water partition coefficient (Wildman–Crippen LogP) is 4.63. The van der Waals surface area contributed by atoms with E-state index in [1.165, 1.54) is 0 Å². The molecule has 1 amide bonds. The zero-order chi connectivity index (χ0) is 19.5. The molecule has 140 valence electrons. The van der Waals surface area contributed by atoms with E-state index in [1.54, 1.807) is 17.1 Å². The van der Waals surface area contributed by atoms with Gasteiger partial charge in [-0.25, -0.2) is 0 Å². The van der Waals surface area contributed by atoms with Crippen molar-refractivity contribution in [1.82, 2.24) is 20.1 Å². The highest BCUT2D eigenvalue weighted by atomic mass is 35.5. The van der Waals surface area contributed by atoms with Gasteiger partial charge < -0.3 is 5.32 Å². The zero-order valence-electron chi connectivity index (χ0n) is 15.3. The Morgan fingerprint density at radius 2 is 1.96 bits per heavy atom. The number of fused-ring (bicyclic) bond motifs is 1. The van der Waals surface area contributed by atoms with Gasteiger partial charge in [0.25, 0.3) is 0 Å². The third-order valence-electron chi connectivity index (χ3n) is 4.65. The average Bonchev–Trinajstić information content (AvgIpc) is 3.11. The van der Waals surface area contributed by atoms with Gasteiger partial charge in [-0.05, 0) is 36.8 Å². The minimum Gasteiger partial charge on any atom is -0.350 e. The molecule has 0 saturated carbocycles. The summed E-state index contributed by atoms with van der Waals surface area (Å²) in [7, 11) is 0. The molecule has 4 rings (SSSR count). The molecule has 5 nitrogen and oxygen atoms in total. The third-order valence-corrected chi connectivity index (χ3v) is 4.89. The molecule has 6 heteroatoms. The smallest absolute Gasteiger partial charge is 0.244 e. The number of aromatic nitrogens is 3. The van der Waals surface area contributed by atoms with Crippen LogP contribution in [0.3, 0.4) is 0 Å². The highest BCUT2D eigenvalue weighted by Gasteiger charge is 2.21. The van der Waals surface area contributed by atoms with Gasteiger partial charge in [-0.3, -0.25) is 14.5 Å². The Morgan fingerprint density at radius 3 is 2.71 bits per heavy atom. The van der Waals surface area contributed by atoms with Crippen LogP contribution in [-0.2, 0) is 11.3 Å². The van der Waals surface area contributed by atoms with Crippen LogP contribution in [0.25, 0.3) is 22.2 Å². The first kappa shape index (κ1) is 18.2. The molecule has 0 aliphatic rings. The first-order valence-electron chi connectivity index (χ1n) is 9.03. The van der Waals surface area contributed by atoms with Gasteiger partial charge in [0.05, 0.1) is 5.52 Å². The fourth-order valence-electron chi connectivity index (χ4n) is 3.17. The average molecular weight is 391 g/mol. The van der Waals surface area contributed by atoms with Gasteiger partial charge in [0, 0.05) is 34.9 Å². The van der Waals surface area contributed by atoms with E-state index in [0.717, 1.165) is 27.7 Å².